The van der Waals surface area contributed by atoms with E-state index in [2.05, 4.69) is 4.98 Å². The molecule has 4 nitrogen and oxygen atoms in total. The van der Waals surface area contributed by atoms with Crippen LogP contribution in [0.5, 0.6) is 0 Å². The normalized spacial score (nSPS) is 18.2. The fourth-order valence-corrected chi connectivity index (χ4v) is 2.61. The number of fused-ring (bicyclic) bond motifs is 3. The van der Waals surface area contributed by atoms with Gasteiger partial charge >= 0.3 is 0 Å². The molecule has 2 aromatic rings. The standard InChI is InChI=1S/C13H15N3O.ClH/c14-8-2-3-9-10-5-7(13(15)17)1-4-11(10)16-12(9)6-8;/h1,4-5,8,16H,2-3,6,14H2,(H2,15,17);1H. The Kier molecular flexibility index (Phi) is 3.32. The van der Waals surface area contributed by atoms with Crippen molar-refractivity contribution in [2.75, 3.05) is 0 Å². The van der Waals surface area contributed by atoms with Crippen molar-refractivity contribution in [3.63, 3.8) is 0 Å². The molecular weight excluding hydrogens is 250 g/mol. The number of hydrogen-bond acceptors (Lipinski definition) is 2. The number of nitrogens with two attached hydrogens (primary N) is 2. The second-order valence-corrected chi connectivity index (χ2v) is 4.71. The van der Waals surface area contributed by atoms with Gasteiger partial charge in [0.15, 0.2) is 0 Å². The van der Waals surface area contributed by atoms with Crippen LogP contribution in [0.4, 0.5) is 0 Å². The minimum Gasteiger partial charge on any atom is -0.366 e. The molecular formula is C13H16ClN3O. The Labute approximate surface area is 111 Å². The van der Waals surface area contributed by atoms with Gasteiger partial charge in [-0.2, -0.15) is 0 Å². The number of benzene rings is 1. The van der Waals surface area contributed by atoms with Crippen molar-refractivity contribution in [2.45, 2.75) is 25.3 Å². The summed E-state index contributed by atoms with van der Waals surface area (Å²) in [5, 5.41) is 1.11. The van der Waals surface area contributed by atoms with Gasteiger partial charge in [0.25, 0.3) is 0 Å². The molecule has 0 bridgehead atoms. The highest BCUT2D eigenvalue weighted by Crippen LogP contribution is 2.29. The number of amides is 1. The number of aromatic amines is 1. The second-order valence-electron chi connectivity index (χ2n) is 4.71. The Morgan fingerprint density at radius 2 is 2.17 bits per heavy atom. The monoisotopic (exact) mass is 265 g/mol. The van der Waals surface area contributed by atoms with Crippen LogP contribution in [-0.4, -0.2) is 16.9 Å². The average molecular weight is 266 g/mol. The molecule has 1 aromatic carbocycles. The summed E-state index contributed by atoms with van der Waals surface area (Å²) in [5.41, 5.74) is 15.4. The molecule has 0 fully saturated rings. The quantitative estimate of drug-likeness (QED) is 0.730. The topological polar surface area (TPSA) is 84.9 Å². The second kappa shape index (κ2) is 4.63. The SMILES string of the molecule is Cl.NC(=O)c1ccc2[nH]c3c(c2c1)CCC(N)C3. The molecule has 3 rings (SSSR count). The van der Waals surface area contributed by atoms with Crippen LogP contribution >= 0.6 is 12.4 Å². The van der Waals surface area contributed by atoms with Crippen molar-refractivity contribution in [1.29, 1.82) is 0 Å². The van der Waals surface area contributed by atoms with Gasteiger partial charge in [0.1, 0.15) is 0 Å². The van der Waals surface area contributed by atoms with E-state index in [4.69, 9.17) is 11.5 Å². The third kappa shape index (κ3) is 1.98. The number of nitrogens with one attached hydrogen (secondary N) is 1. The molecule has 1 aliphatic carbocycles. The van der Waals surface area contributed by atoms with Crippen molar-refractivity contribution in [2.24, 2.45) is 11.5 Å². The van der Waals surface area contributed by atoms with Gasteiger partial charge in [0.2, 0.25) is 5.91 Å². The van der Waals surface area contributed by atoms with Gasteiger partial charge in [-0.1, -0.05) is 0 Å². The molecule has 5 N–H and O–H groups in total. The summed E-state index contributed by atoms with van der Waals surface area (Å²) in [6, 6.07) is 5.79. The number of primary amides is 1. The Morgan fingerprint density at radius 3 is 2.89 bits per heavy atom. The molecule has 96 valence electrons. The molecule has 18 heavy (non-hydrogen) atoms. The highest BCUT2D eigenvalue weighted by molar-refractivity contribution is 5.98. The van der Waals surface area contributed by atoms with E-state index < -0.39 is 0 Å². The van der Waals surface area contributed by atoms with E-state index in [1.165, 1.54) is 11.3 Å². The molecule has 0 saturated carbocycles. The number of H-pyrrole nitrogens is 1. The third-order valence-electron chi connectivity index (χ3n) is 3.51. The predicted octanol–water partition coefficient (Wildman–Crippen LogP) is 1.50. The fraction of sp³-hybridized carbons (Fsp3) is 0.308. The van der Waals surface area contributed by atoms with E-state index >= 15 is 0 Å². The van der Waals surface area contributed by atoms with Gasteiger partial charge in [0, 0.05) is 34.6 Å². The first kappa shape index (κ1) is 12.9. The van der Waals surface area contributed by atoms with Crippen molar-refractivity contribution >= 4 is 29.2 Å². The summed E-state index contributed by atoms with van der Waals surface area (Å²) in [5.74, 6) is -0.380. The maximum atomic E-state index is 11.2. The number of carbonyl (C=O) groups excluding carboxylic acids is 1. The highest BCUT2D eigenvalue weighted by atomic mass is 35.5. The number of halogens is 1. The van der Waals surface area contributed by atoms with E-state index in [1.54, 1.807) is 6.07 Å². The molecule has 0 saturated heterocycles. The summed E-state index contributed by atoms with van der Waals surface area (Å²) in [6.45, 7) is 0. The minimum absolute atomic E-state index is 0. The van der Waals surface area contributed by atoms with Gasteiger partial charge in [-0.15, -0.1) is 12.4 Å². The first-order valence-corrected chi connectivity index (χ1v) is 5.84. The maximum absolute atomic E-state index is 11.2. The van der Waals surface area contributed by atoms with Crippen LogP contribution in [0.1, 0.15) is 28.0 Å². The lowest BCUT2D eigenvalue weighted by Gasteiger charge is -2.17. The van der Waals surface area contributed by atoms with E-state index in [-0.39, 0.29) is 24.4 Å². The molecule has 1 atom stereocenters. The molecule has 1 heterocycles. The zero-order valence-corrected chi connectivity index (χ0v) is 10.7. The van der Waals surface area contributed by atoms with Gasteiger partial charge in [0.05, 0.1) is 0 Å². The number of aryl methyl sites for hydroxylation is 1. The zero-order valence-electron chi connectivity index (χ0n) is 9.90. The van der Waals surface area contributed by atoms with Crippen LogP contribution in [-0.2, 0) is 12.8 Å². The lowest BCUT2D eigenvalue weighted by atomic mass is 9.92. The lowest BCUT2D eigenvalue weighted by molar-refractivity contribution is 0.100. The first-order chi connectivity index (χ1) is 8.15. The summed E-state index contributed by atoms with van der Waals surface area (Å²) in [6.07, 6.45) is 2.86. The molecule has 1 aliphatic rings. The highest BCUT2D eigenvalue weighted by Gasteiger charge is 2.20. The molecule has 0 radical (unpaired) electrons. The van der Waals surface area contributed by atoms with Crippen LogP contribution in [0.2, 0.25) is 0 Å². The molecule has 1 unspecified atom stereocenters. The van der Waals surface area contributed by atoms with Crippen LogP contribution in [0.25, 0.3) is 10.9 Å². The van der Waals surface area contributed by atoms with Crippen LogP contribution in [0, 0.1) is 0 Å². The van der Waals surface area contributed by atoms with E-state index in [0.29, 0.717) is 5.56 Å². The Hall–Kier alpha value is -1.52. The zero-order chi connectivity index (χ0) is 12.0. The Morgan fingerprint density at radius 1 is 1.39 bits per heavy atom. The largest absolute Gasteiger partial charge is 0.366 e. The van der Waals surface area contributed by atoms with E-state index in [1.807, 2.05) is 12.1 Å². The lowest BCUT2D eigenvalue weighted by Crippen LogP contribution is -2.27. The smallest absolute Gasteiger partial charge is 0.248 e. The summed E-state index contributed by atoms with van der Waals surface area (Å²) in [7, 11) is 0. The number of rotatable bonds is 1. The fourth-order valence-electron chi connectivity index (χ4n) is 2.61. The minimum atomic E-state index is -0.380. The maximum Gasteiger partial charge on any atom is 0.248 e. The average Bonchev–Trinajstić information content (AvgIpc) is 2.64. The van der Waals surface area contributed by atoms with Crippen molar-refractivity contribution in [1.82, 2.24) is 4.98 Å². The van der Waals surface area contributed by atoms with Gasteiger partial charge in [-0.05, 0) is 36.6 Å². The van der Waals surface area contributed by atoms with Gasteiger partial charge in [-0.3, -0.25) is 4.79 Å². The molecule has 1 aromatic heterocycles. The molecule has 0 spiro atoms. The summed E-state index contributed by atoms with van der Waals surface area (Å²) >= 11 is 0. The van der Waals surface area contributed by atoms with Crippen LogP contribution in [0.15, 0.2) is 18.2 Å². The van der Waals surface area contributed by atoms with E-state index in [9.17, 15) is 4.79 Å². The molecule has 1 amide bonds. The Bertz CT molecular complexity index is 606. The van der Waals surface area contributed by atoms with Crippen LogP contribution in [0.3, 0.4) is 0 Å². The van der Waals surface area contributed by atoms with Gasteiger partial charge < -0.3 is 16.5 Å². The van der Waals surface area contributed by atoms with Crippen LogP contribution < -0.4 is 11.5 Å². The molecule has 5 heteroatoms. The Balaban J connectivity index is 0.00000120. The molecule has 0 aliphatic heterocycles. The van der Waals surface area contributed by atoms with Crippen molar-refractivity contribution in [3.05, 3.63) is 35.0 Å². The van der Waals surface area contributed by atoms with E-state index in [0.717, 1.165) is 30.2 Å². The number of hydrogen-bond donors (Lipinski definition) is 3. The third-order valence-corrected chi connectivity index (χ3v) is 3.51. The number of carbonyl (C=O) groups is 1. The number of aromatic nitrogens is 1. The van der Waals surface area contributed by atoms with Crippen molar-refractivity contribution in [3.8, 4) is 0 Å². The van der Waals surface area contributed by atoms with Gasteiger partial charge in [-0.25, -0.2) is 0 Å². The predicted molar refractivity (Wildman–Crippen MR) is 74.1 cm³/mol. The van der Waals surface area contributed by atoms with Crippen molar-refractivity contribution < 1.29 is 4.79 Å². The summed E-state index contributed by atoms with van der Waals surface area (Å²) in [4.78, 5) is 14.6. The first-order valence-electron chi connectivity index (χ1n) is 5.84. The summed E-state index contributed by atoms with van der Waals surface area (Å²) < 4.78 is 0.